The molecule has 102 valence electrons. The molecule has 0 fully saturated rings. The second kappa shape index (κ2) is 5.65. The maximum Gasteiger partial charge on any atom is 0.152 e. The van der Waals surface area contributed by atoms with Gasteiger partial charge in [0.15, 0.2) is 9.84 Å². The minimum Gasteiger partial charge on any atom is -0.379 e. The van der Waals surface area contributed by atoms with E-state index >= 15 is 0 Å². The quantitative estimate of drug-likeness (QED) is 0.899. The van der Waals surface area contributed by atoms with Crippen LogP contribution in [0.3, 0.4) is 0 Å². The van der Waals surface area contributed by atoms with Crippen LogP contribution in [-0.2, 0) is 9.84 Å². The Hall–Kier alpha value is -1.17. The van der Waals surface area contributed by atoms with Crippen molar-refractivity contribution >= 4 is 15.5 Å². The minimum atomic E-state index is -3.15. The van der Waals surface area contributed by atoms with Crippen molar-refractivity contribution in [1.82, 2.24) is 0 Å². The molecule has 6 heteroatoms. The van der Waals surface area contributed by atoms with E-state index < -0.39 is 27.5 Å². The molecule has 1 aromatic rings. The number of rotatable bonds is 5. The first-order valence-corrected chi connectivity index (χ1v) is 7.50. The number of aryl methyl sites for hydroxylation is 1. The molecule has 1 aromatic carbocycles. The summed E-state index contributed by atoms with van der Waals surface area (Å²) < 4.78 is 49.6. The predicted octanol–water partition coefficient (Wildman–Crippen LogP) is 2.51. The number of hydrogen-bond donors (Lipinski definition) is 1. The van der Waals surface area contributed by atoms with Crippen LogP contribution in [0.1, 0.15) is 19.4 Å². The van der Waals surface area contributed by atoms with Gasteiger partial charge < -0.3 is 5.32 Å². The van der Waals surface area contributed by atoms with Gasteiger partial charge in [0.1, 0.15) is 11.6 Å². The molecule has 0 saturated carbocycles. The smallest absolute Gasteiger partial charge is 0.152 e. The average molecular weight is 277 g/mol. The van der Waals surface area contributed by atoms with Crippen molar-refractivity contribution in [3.05, 3.63) is 29.3 Å². The SMILES string of the molecule is CCS(=O)(=O)CC(C)Nc1cc(F)c(C)cc1F. The van der Waals surface area contributed by atoms with E-state index in [0.717, 1.165) is 12.1 Å². The van der Waals surface area contributed by atoms with Gasteiger partial charge in [0.2, 0.25) is 0 Å². The monoisotopic (exact) mass is 277 g/mol. The van der Waals surface area contributed by atoms with Gasteiger partial charge in [0.25, 0.3) is 0 Å². The van der Waals surface area contributed by atoms with E-state index in [1.807, 2.05) is 0 Å². The summed E-state index contributed by atoms with van der Waals surface area (Å²) in [5.74, 6) is -1.19. The van der Waals surface area contributed by atoms with Crippen molar-refractivity contribution in [1.29, 1.82) is 0 Å². The fourth-order valence-corrected chi connectivity index (χ4v) is 2.64. The average Bonchev–Trinajstić information content (AvgIpc) is 2.25. The molecule has 18 heavy (non-hydrogen) atoms. The number of benzene rings is 1. The van der Waals surface area contributed by atoms with Crippen molar-refractivity contribution in [2.75, 3.05) is 16.8 Å². The van der Waals surface area contributed by atoms with Crippen LogP contribution >= 0.6 is 0 Å². The summed E-state index contributed by atoms with van der Waals surface area (Å²) in [6.45, 7) is 4.63. The van der Waals surface area contributed by atoms with E-state index in [2.05, 4.69) is 5.32 Å². The van der Waals surface area contributed by atoms with Gasteiger partial charge in [0, 0.05) is 17.9 Å². The lowest BCUT2D eigenvalue weighted by Gasteiger charge is -2.16. The van der Waals surface area contributed by atoms with E-state index in [0.29, 0.717) is 0 Å². The second-order valence-corrected chi connectivity index (χ2v) is 6.72. The van der Waals surface area contributed by atoms with E-state index in [1.54, 1.807) is 13.8 Å². The molecular weight excluding hydrogens is 260 g/mol. The molecule has 1 atom stereocenters. The van der Waals surface area contributed by atoms with Crippen LogP contribution in [0.15, 0.2) is 12.1 Å². The van der Waals surface area contributed by atoms with Crippen LogP contribution in [0.25, 0.3) is 0 Å². The molecule has 0 bridgehead atoms. The maximum absolute atomic E-state index is 13.5. The van der Waals surface area contributed by atoms with E-state index in [9.17, 15) is 17.2 Å². The summed E-state index contributed by atoms with van der Waals surface area (Å²) in [6, 6.07) is 1.64. The van der Waals surface area contributed by atoms with Crippen molar-refractivity contribution in [2.24, 2.45) is 0 Å². The van der Waals surface area contributed by atoms with Crippen LogP contribution in [0.2, 0.25) is 0 Å². The second-order valence-electron chi connectivity index (χ2n) is 4.33. The molecule has 1 N–H and O–H groups in total. The standard InChI is InChI=1S/C12H17F2NO2S/c1-4-18(16,17)7-9(3)15-12-6-10(13)8(2)5-11(12)14/h5-6,9,15H,4,7H2,1-3H3. The Morgan fingerprint density at radius 1 is 1.28 bits per heavy atom. The Balaban J connectivity index is 2.82. The zero-order valence-electron chi connectivity index (χ0n) is 10.6. The molecule has 0 aliphatic carbocycles. The van der Waals surface area contributed by atoms with Crippen molar-refractivity contribution in [3.8, 4) is 0 Å². The highest BCUT2D eigenvalue weighted by Gasteiger charge is 2.15. The largest absolute Gasteiger partial charge is 0.379 e. The normalized spacial score (nSPS) is 13.4. The number of halogens is 2. The molecule has 3 nitrogen and oxygen atoms in total. The van der Waals surface area contributed by atoms with Crippen LogP contribution < -0.4 is 5.32 Å². The zero-order chi connectivity index (χ0) is 13.9. The Labute approximate surface area is 106 Å². The molecule has 0 aromatic heterocycles. The van der Waals surface area contributed by atoms with Gasteiger partial charge >= 0.3 is 0 Å². The van der Waals surface area contributed by atoms with Crippen LogP contribution in [0.5, 0.6) is 0 Å². The van der Waals surface area contributed by atoms with Crippen molar-refractivity contribution in [3.63, 3.8) is 0 Å². The highest BCUT2D eigenvalue weighted by Crippen LogP contribution is 2.19. The van der Waals surface area contributed by atoms with Crippen molar-refractivity contribution in [2.45, 2.75) is 26.8 Å². The third-order valence-corrected chi connectivity index (χ3v) is 4.48. The van der Waals surface area contributed by atoms with Gasteiger partial charge in [0.05, 0.1) is 11.4 Å². The lowest BCUT2D eigenvalue weighted by atomic mass is 10.2. The summed E-state index contributed by atoms with van der Waals surface area (Å²) in [5.41, 5.74) is 0.198. The summed E-state index contributed by atoms with van der Waals surface area (Å²) in [4.78, 5) is 0. The third-order valence-electron chi connectivity index (χ3n) is 2.59. The molecule has 0 radical (unpaired) electrons. The predicted molar refractivity (Wildman–Crippen MR) is 68.5 cm³/mol. The Kier molecular flexibility index (Phi) is 4.67. The fourth-order valence-electron chi connectivity index (χ4n) is 1.56. The van der Waals surface area contributed by atoms with E-state index in [-0.39, 0.29) is 22.8 Å². The fraction of sp³-hybridized carbons (Fsp3) is 0.500. The van der Waals surface area contributed by atoms with Crippen LogP contribution in [-0.4, -0.2) is 26.0 Å². The zero-order valence-corrected chi connectivity index (χ0v) is 11.4. The molecule has 0 amide bonds. The van der Waals surface area contributed by atoms with Gasteiger partial charge in [-0.1, -0.05) is 6.92 Å². The summed E-state index contributed by atoms with van der Waals surface area (Å²) in [7, 11) is -3.15. The van der Waals surface area contributed by atoms with Crippen LogP contribution in [0, 0.1) is 18.6 Å². The molecule has 1 rings (SSSR count). The van der Waals surface area contributed by atoms with Gasteiger partial charge in [-0.3, -0.25) is 0 Å². The van der Waals surface area contributed by atoms with Crippen LogP contribution in [0.4, 0.5) is 14.5 Å². The molecule has 0 heterocycles. The van der Waals surface area contributed by atoms with E-state index in [4.69, 9.17) is 0 Å². The number of sulfone groups is 1. The molecule has 0 aliphatic heterocycles. The first-order chi connectivity index (χ1) is 8.25. The summed E-state index contributed by atoms with van der Waals surface area (Å²) in [5, 5.41) is 2.67. The highest BCUT2D eigenvalue weighted by atomic mass is 32.2. The first-order valence-electron chi connectivity index (χ1n) is 5.67. The topological polar surface area (TPSA) is 46.2 Å². The molecule has 1 unspecified atom stereocenters. The molecular formula is C12H17F2NO2S. The van der Waals surface area contributed by atoms with Gasteiger partial charge in [-0.25, -0.2) is 17.2 Å². The number of anilines is 1. The Bertz CT molecular complexity index is 529. The summed E-state index contributed by atoms with van der Waals surface area (Å²) >= 11 is 0. The van der Waals surface area contributed by atoms with E-state index in [1.165, 1.54) is 6.92 Å². The van der Waals surface area contributed by atoms with Gasteiger partial charge in [-0.2, -0.15) is 0 Å². The van der Waals surface area contributed by atoms with Gasteiger partial charge in [-0.15, -0.1) is 0 Å². The third kappa shape index (κ3) is 3.94. The molecule has 0 aliphatic rings. The number of hydrogen-bond acceptors (Lipinski definition) is 3. The minimum absolute atomic E-state index is 0.0168. The Morgan fingerprint density at radius 2 is 1.89 bits per heavy atom. The first kappa shape index (κ1) is 14.9. The maximum atomic E-state index is 13.5. The summed E-state index contributed by atoms with van der Waals surface area (Å²) in [6.07, 6.45) is 0. The molecule has 0 saturated heterocycles. The van der Waals surface area contributed by atoms with Crippen molar-refractivity contribution < 1.29 is 17.2 Å². The lowest BCUT2D eigenvalue weighted by Crippen LogP contribution is -2.27. The Morgan fingerprint density at radius 3 is 2.44 bits per heavy atom. The molecule has 0 spiro atoms. The number of nitrogens with one attached hydrogen (secondary N) is 1. The lowest BCUT2D eigenvalue weighted by molar-refractivity contribution is 0.588. The highest BCUT2D eigenvalue weighted by molar-refractivity contribution is 7.91. The van der Waals surface area contributed by atoms with Gasteiger partial charge in [-0.05, 0) is 25.5 Å².